The Bertz CT molecular complexity index is 803. The zero-order valence-corrected chi connectivity index (χ0v) is 22.6. The van der Waals surface area contributed by atoms with Gasteiger partial charge in [0.1, 0.15) is 0 Å². The molecule has 0 saturated heterocycles. The Kier molecular flexibility index (Phi) is 9.05. The minimum atomic E-state index is 0.399. The number of hydrogen-bond donors (Lipinski definition) is 0. The Balaban J connectivity index is 2.51. The van der Waals surface area contributed by atoms with Crippen molar-refractivity contribution in [1.82, 2.24) is 0 Å². The molecule has 30 heavy (non-hydrogen) atoms. The van der Waals surface area contributed by atoms with Crippen LogP contribution < -0.4 is 0 Å². The van der Waals surface area contributed by atoms with Crippen molar-refractivity contribution in [2.45, 2.75) is 79.1 Å². The molecule has 0 aliphatic heterocycles. The van der Waals surface area contributed by atoms with Crippen LogP contribution in [0.15, 0.2) is 43.2 Å². The summed E-state index contributed by atoms with van der Waals surface area (Å²) in [4.78, 5) is 9.73. The largest absolute Gasteiger partial charge is 0.255 e. The van der Waals surface area contributed by atoms with Crippen molar-refractivity contribution in [3.63, 3.8) is 0 Å². The van der Waals surface area contributed by atoms with Gasteiger partial charge in [0.05, 0.1) is 11.4 Å². The van der Waals surface area contributed by atoms with Crippen molar-refractivity contribution in [2.75, 3.05) is 0 Å². The second-order valence-electron chi connectivity index (χ2n) is 9.04. The molecule has 0 aliphatic rings. The second-order valence-corrected chi connectivity index (χ2v) is 10.9. The Morgan fingerprint density at radius 3 is 0.967 bits per heavy atom. The van der Waals surface area contributed by atoms with Gasteiger partial charge in [-0.3, -0.25) is 9.98 Å². The fraction of sp³-hybridized carbons (Fsp3) is 0.462. The van der Waals surface area contributed by atoms with E-state index in [-0.39, 0.29) is 0 Å². The third kappa shape index (κ3) is 6.13. The van der Waals surface area contributed by atoms with E-state index in [2.05, 4.69) is 112 Å². The van der Waals surface area contributed by atoms with Crippen LogP contribution in [0.25, 0.3) is 0 Å². The molecule has 2 rings (SSSR count). The zero-order valence-electron chi connectivity index (χ0n) is 19.4. The number of rotatable bonds is 7. The van der Waals surface area contributed by atoms with Crippen LogP contribution in [0.1, 0.15) is 101 Å². The quantitative estimate of drug-likeness (QED) is 0.316. The van der Waals surface area contributed by atoms with Gasteiger partial charge in [0, 0.05) is 21.4 Å². The molecule has 0 atom stereocenters. The first-order valence-electron chi connectivity index (χ1n) is 10.8. The molecule has 0 radical (unpaired) electrons. The molecule has 0 fully saturated rings. The summed E-state index contributed by atoms with van der Waals surface area (Å²) in [6.07, 6.45) is 3.69. The van der Waals surface area contributed by atoms with Crippen LogP contribution in [0, 0.1) is 0 Å². The van der Waals surface area contributed by atoms with Crippen LogP contribution in [-0.2, 0) is 0 Å². The number of benzene rings is 2. The van der Waals surface area contributed by atoms with Crippen molar-refractivity contribution in [3.05, 3.63) is 55.5 Å². The van der Waals surface area contributed by atoms with Crippen molar-refractivity contribution in [3.8, 4) is 0 Å². The molecule has 2 aromatic carbocycles. The van der Waals surface area contributed by atoms with Gasteiger partial charge in [-0.05, 0) is 70.2 Å². The summed E-state index contributed by atoms with van der Waals surface area (Å²) in [5.41, 5.74) is 7.16. The molecule has 0 aliphatic carbocycles. The van der Waals surface area contributed by atoms with Gasteiger partial charge in [-0.15, -0.1) is 0 Å². The third-order valence-corrected chi connectivity index (χ3v) is 6.14. The van der Waals surface area contributed by atoms with E-state index < -0.39 is 0 Å². The Morgan fingerprint density at radius 1 is 0.533 bits per heavy atom. The van der Waals surface area contributed by atoms with Crippen LogP contribution in [0.4, 0.5) is 11.4 Å². The van der Waals surface area contributed by atoms with E-state index in [1.165, 1.54) is 22.3 Å². The summed E-state index contributed by atoms with van der Waals surface area (Å²) in [5.74, 6) is 1.59. The minimum Gasteiger partial charge on any atom is -0.255 e. The zero-order chi connectivity index (χ0) is 22.6. The Labute approximate surface area is 199 Å². The van der Waals surface area contributed by atoms with Crippen LogP contribution in [0.5, 0.6) is 0 Å². The summed E-state index contributed by atoms with van der Waals surface area (Å²) in [6.45, 7) is 17.7. The molecule has 0 saturated carbocycles. The number of nitrogens with zero attached hydrogens (tertiary/aromatic N) is 2. The van der Waals surface area contributed by atoms with Gasteiger partial charge < -0.3 is 0 Å². The lowest BCUT2D eigenvalue weighted by Crippen LogP contribution is -1.97. The van der Waals surface area contributed by atoms with Crippen molar-refractivity contribution < 1.29 is 0 Å². The van der Waals surface area contributed by atoms with E-state index in [0.717, 1.165) is 20.3 Å². The molecular weight excluding hydrogens is 500 g/mol. The number of aliphatic imine (C=N–C) groups is 2. The summed E-state index contributed by atoms with van der Waals surface area (Å²) in [5, 5.41) is 0. The third-order valence-electron chi connectivity index (χ3n) is 5.23. The Hall–Kier alpha value is -1.26. The van der Waals surface area contributed by atoms with Gasteiger partial charge in [0.25, 0.3) is 0 Å². The number of hydrogen-bond acceptors (Lipinski definition) is 2. The molecule has 4 heteroatoms. The fourth-order valence-electron chi connectivity index (χ4n) is 3.56. The highest BCUT2D eigenvalue weighted by Crippen LogP contribution is 2.38. The van der Waals surface area contributed by atoms with Crippen LogP contribution in [0.3, 0.4) is 0 Å². The molecular formula is C26H34Br2N2. The van der Waals surface area contributed by atoms with Crippen LogP contribution >= 0.6 is 31.9 Å². The minimum absolute atomic E-state index is 0.399. The molecule has 0 N–H and O–H groups in total. The molecule has 0 unspecified atom stereocenters. The highest BCUT2D eigenvalue weighted by molar-refractivity contribution is 9.10. The van der Waals surface area contributed by atoms with E-state index in [4.69, 9.17) is 9.98 Å². The molecule has 162 valence electrons. The SMILES string of the molecule is CC(C)c1cc(Br)cc(C(C)C)c1N=CC=Nc1c(C(C)C)cc(Br)cc1C(C)C. The van der Waals surface area contributed by atoms with E-state index in [1.54, 1.807) is 0 Å². The molecule has 2 nitrogen and oxygen atoms in total. The van der Waals surface area contributed by atoms with Gasteiger partial charge in [-0.25, -0.2) is 0 Å². The van der Waals surface area contributed by atoms with Crippen molar-refractivity contribution in [2.24, 2.45) is 9.98 Å². The maximum atomic E-state index is 4.87. The molecule has 2 aromatic rings. The molecule has 0 heterocycles. The Morgan fingerprint density at radius 2 is 0.767 bits per heavy atom. The van der Waals surface area contributed by atoms with Gasteiger partial charge in [0.15, 0.2) is 0 Å². The van der Waals surface area contributed by atoms with Crippen molar-refractivity contribution in [1.29, 1.82) is 0 Å². The number of halogens is 2. The van der Waals surface area contributed by atoms with Gasteiger partial charge in [0.2, 0.25) is 0 Å². The van der Waals surface area contributed by atoms with Crippen LogP contribution in [0.2, 0.25) is 0 Å². The molecule has 0 amide bonds. The highest BCUT2D eigenvalue weighted by atomic mass is 79.9. The lowest BCUT2D eigenvalue weighted by Gasteiger charge is -2.17. The summed E-state index contributed by atoms with van der Waals surface area (Å²) < 4.78 is 2.22. The van der Waals surface area contributed by atoms with E-state index in [9.17, 15) is 0 Å². The average Bonchev–Trinajstić information content (AvgIpc) is 2.65. The molecule has 0 spiro atoms. The summed E-state index contributed by atoms with van der Waals surface area (Å²) in [6, 6.07) is 8.73. The summed E-state index contributed by atoms with van der Waals surface area (Å²) >= 11 is 7.33. The van der Waals surface area contributed by atoms with Gasteiger partial charge in [-0.2, -0.15) is 0 Å². The topological polar surface area (TPSA) is 24.7 Å². The normalized spacial score (nSPS) is 12.6. The molecule has 0 bridgehead atoms. The highest BCUT2D eigenvalue weighted by Gasteiger charge is 2.16. The monoisotopic (exact) mass is 532 g/mol. The first-order valence-corrected chi connectivity index (χ1v) is 12.3. The lowest BCUT2D eigenvalue weighted by atomic mass is 9.93. The predicted molar refractivity (Wildman–Crippen MR) is 141 cm³/mol. The second kappa shape index (κ2) is 10.9. The van der Waals surface area contributed by atoms with Crippen molar-refractivity contribution >= 4 is 55.7 Å². The maximum absolute atomic E-state index is 4.87. The van der Waals surface area contributed by atoms with Gasteiger partial charge >= 0.3 is 0 Å². The summed E-state index contributed by atoms with van der Waals surface area (Å²) in [7, 11) is 0. The average molecular weight is 534 g/mol. The first-order chi connectivity index (χ1) is 14.0. The predicted octanol–water partition coefficient (Wildman–Crippen LogP) is 9.81. The molecule has 0 aromatic heterocycles. The standard InChI is InChI=1S/C26H34Br2N2/c1-15(2)21-11-19(27)12-22(16(3)4)25(21)29-9-10-30-26-23(17(5)6)13-20(28)14-24(26)18(7)8/h9-18H,1-8H3. The fourth-order valence-corrected chi connectivity index (χ4v) is 4.55. The lowest BCUT2D eigenvalue weighted by molar-refractivity contribution is 0.833. The maximum Gasteiger partial charge on any atom is 0.0700 e. The van der Waals surface area contributed by atoms with E-state index in [1.807, 2.05) is 12.4 Å². The first kappa shape index (κ1) is 25.0. The smallest absolute Gasteiger partial charge is 0.0700 e. The van der Waals surface area contributed by atoms with Gasteiger partial charge in [-0.1, -0.05) is 87.2 Å². The van der Waals surface area contributed by atoms with E-state index in [0.29, 0.717) is 23.7 Å². The van der Waals surface area contributed by atoms with Crippen LogP contribution in [-0.4, -0.2) is 12.4 Å². The van der Waals surface area contributed by atoms with E-state index >= 15 is 0 Å².